The third-order valence-corrected chi connectivity index (χ3v) is 6.24. The minimum absolute atomic E-state index is 0.191. The second-order valence-corrected chi connectivity index (χ2v) is 8.32. The Kier molecular flexibility index (Phi) is 4.47. The maximum Gasteiger partial charge on any atom is 0.255 e. The van der Waals surface area contributed by atoms with Crippen LogP contribution in [0.5, 0.6) is 11.5 Å². The third kappa shape index (κ3) is 3.44. The quantitative estimate of drug-likeness (QED) is 0.369. The van der Waals surface area contributed by atoms with Crippen molar-refractivity contribution in [3.05, 3.63) is 89.3 Å². The van der Waals surface area contributed by atoms with Crippen LogP contribution in [0.4, 0.5) is 10.1 Å². The lowest BCUT2D eigenvalue weighted by Gasteiger charge is -2.09. The Morgan fingerprint density at radius 2 is 1.82 bits per heavy atom. The number of ether oxygens (including phenoxy) is 1. The van der Waals surface area contributed by atoms with E-state index in [1.807, 2.05) is 18.2 Å². The normalized spacial score (nSPS) is 16.2. The first-order valence-corrected chi connectivity index (χ1v) is 10.9. The maximum atomic E-state index is 13.1. The van der Waals surface area contributed by atoms with Crippen molar-refractivity contribution in [1.29, 1.82) is 0 Å². The lowest BCUT2D eigenvalue weighted by atomic mass is 10.0. The summed E-state index contributed by atoms with van der Waals surface area (Å²) >= 11 is 0. The van der Waals surface area contributed by atoms with Crippen LogP contribution in [-0.2, 0) is 0 Å². The summed E-state index contributed by atoms with van der Waals surface area (Å²) in [5.41, 5.74) is 5.69. The second kappa shape index (κ2) is 7.52. The molecule has 0 spiro atoms. The van der Waals surface area contributed by atoms with E-state index >= 15 is 0 Å². The Balaban J connectivity index is 1.40. The Labute approximate surface area is 189 Å². The molecule has 1 fully saturated rings. The molecule has 2 heterocycles. The maximum absolute atomic E-state index is 13.1. The standard InChI is InChI=1S/C27H21FN2O3/c1-29-27(31)25-22-13-21-20-12-16(20)10-11-30-23(21)14-24(22)33-26(25)15-2-6-18(7-3-15)32-19-8-4-17(28)5-9-19/h2-10,13-14,20,30H,11-12H2,1H3,(H,29,31). The summed E-state index contributed by atoms with van der Waals surface area (Å²) in [7, 11) is 1.62. The number of carbonyl (C=O) groups is 1. The molecule has 4 aromatic rings. The van der Waals surface area contributed by atoms with Crippen LogP contribution >= 0.6 is 0 Å². The van der Waals surface area contributed by atoms with Crippen molar-refractivity contribution in [3.8, 4) is 22.8 Å². The van der Waals surface area contributed by atoms with Gasteiger partial charge in [0.1, 0.15) is 28.7 Å². The highest BCUT2D eigenvalue weighted by Gasteiger charge is 2.35. The summed E-state index contributed by atoms with van der Waals surface area (Å²) < 4.78 is 25.1. The van der Waals surface area contributed by atoms with Gasteiger partial charge in [0, 0.05) is 42.2 Å². The molecule has 5 nitrogen and oxygen atoms in total. The number of amides is 1. The van der Waals surface area contributed by atoms with Gasteiger partial charge in [-0.1, -0.05) is 11.6 Å². The highest BCUT2D eigenvalue weighted by molar-refractivity contribution is 6.12. The molecule has 2 N–H and O–H groups in total. The summed E-state index contributed by atoms with van der Waals surface area (Å²) in [5, 5.41) is 7.01. The summed E-state index contributed by atoms with van der Waals surface area (Å²) in [6, 6.07) is 17.3. The van der Waals surface area contributed by atoms with Gasteiger partial charge < -0.3 is 19.8 Å². The largest absolute Gasteiger partial charge is 0.457 e. The number of anilines is 1. The van der Waals surface area contributed by atoms with Gasteiger partial charge in [0.2, 0.25) is 0 Å². The average molecular weight is 440 g/mol. The van der Waals surface area contributed by atoms with Gasteiger partial charge in [0.05, 0.1) is 5.56 Å². The average Bonchev–Trinajstić information content (AvgIpc) is 3.53. The van der Waals surface area contributed by atoms with E-state index in [4.69, 9.17) is 9.15 Å². The number of fused-ring (bicyclic) bond motifs is 4. The summed E-state index contributed by atoms with van der Waals surface area (Å²) in [4.78, 5) is 12.9. The van der Waals surface area contributed by atoms with Crippen LogP contribution in [0.1, 0.15) is 28.3 Å². The molecule has 6 heteroatoms. The summed E-state index contributed by atoms with van der Waals surface area (Å²) in [6.07, 6.45) is 3.32. The van der Waals surface area contributed by atoms with Crippen LogP contribution in [0.25, 0.3) is 22.3 Å². The molecule has 1 unspecified atom stereocenters. The zero-order chi connectivity index (χ0) is 22.5. The Bertz CT molecular complexity index is 1420. The summed E-state index contributed by atoms with van der Waals surface area (Å²) in [5.74, 6) is 1.59. The highest BCUT2D eigenvalue weighted by Crippen LogP contribution is 2.52. The molecule has 2 aliphatic rings. The summed E-state index contributed by atoms with van der Waals surface area (Å²) in [6.45, 7) is 0.801. The molecule has 1 aliphatic heterocycles. The molecule has 1 amide bonds. The van der Waals surface area contributed by atoms with Crippen LogP contribution in [0.15, 0.2) is 76.7 Å². The van der Waals surface area contributed by atoms with E-state index in [0.717, 1.165) is 29.6 Å². The smallest absolute Gasteiger partial charge is 0.255 e. The number of hydrogen-bond acceptors (Lipinski definition) is 4. The molecular formula is C27H21FN2O3. The van der Waals surface area contributed by atoms with E-state index < -0.39 is 0 Å². The topological polar surface area (TPSA) is 63.5 Å². The number of halogens is 1. The van der Waals surface area contributed by atoms with Gasteiger partial charge in [0.15, 0.2) is 0 Å². The number of hydrogen-bond donors (Lipinski definition) is 2. The van der Waals surface area contributed by atoms with Crippen LogP contribution in [0.3, 0.4) is 0 Å². The van der Waals surface area contributed by atoms with Crippen molar-refractivity contribution in [3.63, 3.8) is 0 Å². The molecule has 6 rings (SSSR count). The minimum Gasteiger partial charge on any atom is -0.457 e. The molecular weight excluding hydrogens is 419 g/mol. The van der Waals surface area contributed by atoms with Crippen LogP contribution in [0, 0.1) is 5.82 Å². The van der Waals surface area contributed by atoms with Crippen LogP contribution < -0.4 is 15.4 Å². The van der Waals surface area contributed by atoms with E-state index in [0.29, 0.717) is 34.3 Å². The van der Waals surface area contributed by atoms with Gasteiger partial charge in [-0.3, -0.25) is 4.79 Å². The van der Waals surface area contributed by atoms with Crippen molar-refractivity contribution in [2.75, 3.05) is 18.9 Å². The lowest BCUT2D eigenvalue weighted by Crippen LogP contribution is -2.18. The van der Waals surface area contributed by atoms with Crippen molar-refractivity contribution < 1.29 is 18.3 Å². The predicted octanol–water partition coefficient (Wildman–Crippen LogP) is 6.23. The van der Waals surface area contributed by atoms with E-state index in [2.05, 4.69) is 22.8 Å². The van der Waals surface area contributed by atoms with Gasteiger partial charge in [-0.2, -0.15) is 0 Å². The van der Waals surface area contributed by atoms with Crippen molar-refractivity contribution in [2.24, 2.45) is 0 Å². The number of rotatable bonds is 4. The molecule has 3 aromatic carbocycles. The first-order valence-electron chi connectivity index (χ1n) is 10.9. The molecule has 33 heavy (non-hydrogen) atoms. The molecule has 0 radical (unpaired) electrons. The number of nitrogens with one attached hydrogen (secondary N) is 2. The number of furan rings is 1. The highest BCUT2D eigenvalue weighted by atomic mass is 19.1. The van der Waals surface area contributed by atoms with E-state index in [-0.39, 0.29) is 11.7 Å². The second-order valence-electron chi connectivity index (χ2n) is 8.32. The zero-order valence-electron chi connectivity index (χ0n) is 17.9. The third-order valence-electron chi connectivity index (χ3n) is 6.24. The lowest BCUT2D eigenvalue weighted by molar-refractivity contribution is 0.0964. The fourth-order valence-electron chi connectivity index (χ4n) is 4.47. The minimum atomic E-state index is -0.314. The SMILES string of the molecule is CNC(=O)c1c(-c2ccc(Oc3ccc(F)cc3)cc2)oc2cc3c(cc12)C1CC1=CCN3. The van der Waals surface area contributed by atoms with Crippen LogP contribution in [-0.4, -0.2) is 19.5 Å². The molecule has 1 aliphatic carbocycles. The molecule has 1 aromatic heterocycles. The predicted molar refractivity (Wildman–Crippen MR) is 125 cm³/mol. The molecule has 0 bridgehead atoms. The molecule has 1 atom stereocenters. The van der Waals surface area contributed by atoms with E-state index in [1.165, 1.54) is 23.3 Å². The Morgan fingerprint density at radius 3 is 2.55 bits per heavy atom. The fourth-order valence-corrected chi connectivity index (χ4v) is 4.47. The van der Waals surface area contributed by atoms with Crippen LogP contribution in [0.2, 0.25) is 0 Å². The first-order chi connectivity index (χ1) is 16.1. The van der Waals surface area contributed by atoms with Crippen molar-refractivity contribution in [1.82, 2.24) is 5.32 Å². The molecule has 1 saturated carbocycles. The van der Waals surface area contributed by atoms with Gasteiger partial charge in [-0.25, -0.2) is 4.39 Å². The number of carbonyl (C=O) groups excluding carboxylic acids is 1. The Morgan fingerprint density at radius 1 is 1.09 bits per heavy atom. The Hall–Kier alpha value is -4.06. The van der Waals surface area contributed by atoms with Gasteiger partial charge in [0.25, 0.3) is 5.91 Å². The van der Waals surface area contributed by atoms with Gasteiger partial charge >= 0.3 is 0 Å². The molecule has 164 valence electrons. The van der Waals surface area contributed by atoms with Crippen molar-refractivity contribution in [2.45, 2.75) is 12.3 Å². The zero-order valence-corrected chi connectivity index (χ0v) is 17.9. The van der Waals surface area contributed by atoms with E-state index in [9.17, 15) is 9.18 Å². The molecule has 0 saturated heterocycles. The monoisotopic (exact) mass is 440 g/mol. The number of benzene rings is 3. The van der Waals surface area contributed by atoms with Crippen molar-refractivity contribution >= 4 is 22.6 Å². The fraction of sp³-hybridized carbons (Fsp3) is 0.148. The van der Waals surface area contributed by atoms with Gasteiger partial charge in [-0.15, -0.1) is 0 Å². The first kappa shape index (κ1) is 19.6. The van der Waals surface area contributed by atoms with E-state index in [1.54, 1.807) is 31.3 Å². The van der Waals surface area contributed by atoms with Gasteiger partial charge in [-0.05, 0) is 66.6 Å². The number of allylic oxidation sites excluding steroid dienone is 1.